The third kappa shape index (κ3) is 3.06. The molecule has 160 valence electrons. The van der Waals surface area contributed by atoms with E-state index in [-0.39, 0.29) is 0 Å². The molecule has 0 atom stereocenters. The Balaban J connectivity index is 1.75. The maximum atomic E-state index is 4.63. The molecule has 0 unspecified atom stereocenters. The van der Waals surface area contributed by atoms with Crippen LogP contribution in [0.3, 0.4) is 0 Å². The minimum Gasteiger partial charge on any atom is -0.342 e. The van der Waals surface area contributed by atoms with Crippen LogP contribution in [-0.4, -0.2) is 19.9 Å². The number of nitrogens with one attached hydrogen (secondary N) is 2. The lowest BCUT2D eigenvalue weighted by atomic mass is 9.65. The van der Waals surface area contributed by atoms with Crippen molar-refractivity contribution in [3.8, 4) is 0 Å². The number of fused-ring (bicyclic) bond motifs is 2. The summed E-state index contributed by atoms with van der Waals surface area (Å²) in [7, 11) is 0. The molecule has 0 aliphatic heterocycles. The first-order chi connectivity index (χ1) is 16.1. The predicted octanol–water partition coefficient (Wildman–Crippen LogP) is 6.44. The normalized spacial score (nSPS) is 11.9. The summed E-state index contributed by atoms with van der Waals surface area (Å²) in [4.78, 5) is 16.1. The average Bonchev–Trinajstić information content (AvgIpc) is 3.40. The van der Waals surface area contributed by atoms with Crippen LogP contribution < -0.4 is 0 Å². The molecule has 2 heterocycles. The van der Waals surface area contributed by atoms with Gasteiger partial charge in [0, 0.05) is 0 Å². The molecule has 0 radical (unpaired) electrons. The Morgan fingerprint density at radius 2 is 0.939 bits per heavy atom. The Morgan fingerprint density at radius 1 is 0.515 bits per heavy atom. The van der Waals surface area contributed by atoms with Crippen LogP contribution in [0.4, 0.5) is 0 Å². The molecule has 0 saturated heterocycles. The van der Waals surface area contributed by atoms with Gasteiger partial charge in [0.1, 0.15) is 11.6 Å². The van der Waals surface area contributed by atoms with Crippen molar-refractivity contribution in [1.82, 2.24) is 19.9 Å². The lowest BCUT2D eigenvalue weighted by Crippen LogP contribution is -2.31. The van der Waals surface area contributed by atoms with Crippen LogP contribution in [-0.2, 0) is 5.41 Å². The molecular weight excluding hydrogens is 404 g/mol. The van der Waals surface area contributed by atoms with E-state index in [2.05, 4.69) is 117 Å². The largest absolute Gasteiger partial charge is 0.342 e. The number of aryl methyl sites for hydroxylation is 2. The smallest absolute Gasteiger partial charge is 0.104 e. The third-order valence-electron chi connectivity index (χ3n) is 6.48. The monoisotopic (exact) mass is 428 g/mol. The topological polar surface area (TPSA) is 57.4 Å². The Labute approximate surface area is 192 Å². The maximum absolute atomic E-state index is 4.63. The number of rotatable bonds is 4. The van der Waals surface area contributed by atoms with Gasteiger partial charge in [-0.1, -0.05) is 72.8 Å². The number of aromatic amines is 2. The van der Waals surface area contributed by atoms with Crippen molar-refractivity contribution in [1.29, 1.82) is 0 Å². The van der Waals surface area contributed by atoms with Crippen LogP contribution in [0.25, 0.3) is 22.1 Å². The SMILES string of the molecule is Cc1nc2ccc(C(c3ccccc3)(c3ccccc3)c3ccc4nc(C)[nH]c4c3)cc2[nH]1. The van der Waals surface area contributed by atoms with Crippen LogP contribution in [0, 0.1) is 13.8 Å². The van der Waals surface area contributed by atoms with Gasteiger partial charge in [-0.25, -0.2) is 9.97 Å². The molecule has 0 aliphatic carbocycles. The van der Waals surface area contributed by atoms with Crippen molar-refractivity contribution in [2.75, 3.05) is 0 Å². The summed E-state index contributed by atoms with van der Waals surface area (Å²) in [6.45, 7) is 3.99. The zero-order chi connectivity index (χ0) is 22.4. The molecule has 6 rings (SSSR count). The summed E-state index contributed by atoms with van der Waals surface area (Å²) < 4.78 is 0. The fourth-order valence-electron chi connectivity index (χ4n) is 5.12. The summed E-state index contributed by atoms with van der Waals surface area (Å²) in [5.74, 6) is 1.84. The van der Waals surface area contributed by atoms with Crippen LogP contribution in [0.1, 0.15) is 33.9 Å². The summed E-state index contributed by atoms with van der Waals surface area (Å²) in [5.41, 5.74) is 8.32. The van der Waals surface area contributed by atoms with Crippen molar-refractivity contribution in [3.63, 3.8) is 0 Å². The Kier molecular flexibility index (Phi) is 4.40. The lowest BCUT2D eigenvalue weighted by Gasteiger charge is -2.36. The quantitative estimate of drug-likeness (QED) is 0.318. The molecule has 4 nitrogen and oxygen atoms in total. The number of hydrogen-bond acceptors (Lipinski definition) is 2. The van der Waals surface area contributed by atoms with E-state index in [1.54, 1.807) is 0 Å². The average molecular weight is 429 g/mol. The zero-order valence-corrected chi connectivity index (χ0v) is 18.6. The second kappa shape index (κ2) is 7.45. The molecule has 0 amide bonds. The van der Waals surface area contributed by atoms with Crippen LogP contribution in [0.15, 0.2) is 97.1 Å². The van der Waals surface area contributed by atoms with Gasteiger partial charge in [0.15, 0.2) is 0 Å². The molecule has 2 N–H and O–H groups in total. The number of H-pyrrole nitrogens is 2. The number of hydrogen-bond donors (Lipinski definition) is 2. The van der Waals surface area contributed by atoms with Gasteiger partial charge in [0.05, 0.1) is 27.5 Å². The fraction of sp³-hybridized carbons (Fsp3) is 0.103. The third-order valence-corrected chi connectivity index (χ3v) is 6.48. The van der Waals surface area contributed by atoms with Crippen molar-refractivity contribution >= 4 is 22.1 Å². The van der Waals surface area contributed by atoms with Gasteiger partial charge < -0.3 is 9.97 Å². The number of imidazole rings is 2. The second-order valence-corrected chi connectivity index (χ2v) is 8.59. The molecule has 4 aromatic carbocycles. The van der Waals surface area contributed by atoms with Gasteiger partial charge in [0.2, 0.25) is 0 Å². The van der Waals surface area contributed by atoms with Gasteiger partial charge in [-0.05, 0) is 60.4 Å². The number of nitrogens with zero attached hydrogens (tertiary/aromatic N) is 2. The minimum atomic E-state index is -0.511. The molecule has 6 aromatic rings. The molecule has 2 aromatic heterocycles. The first-order valence-electron chi connectivity index (χ1n) is 11.2. The van der Waals surface area contributed by atoms with E-state index < -0.39 is 5.41 Å². The van der Waals surface area contributed by atoms with Gasteiger partial charge in [0.25, 0.3) is 0 Å². The molecule has 33 heavy (non-hydrogen) atoms. The van der Waals surface area contributed by atoms with E-state index in [1.165, 1.54) is 22.3 Å². The molecule has 0 spiro atoms. The van der Waals surface area contributed by atoms with Gasteiger partial charge in [-0.2, -0.15) is 0 Å². The summed E-state index contributed by atoms with van der Waals surface area (Å²) in [6.07, 6.45) is 0. The molecular formula is C29H24N4. The van der Waals surface area contributed by atoms with E-state index in [9.17, 15) is 0 Å². The summed E-state index contributed by atoms with van der Waals surface area (Å²) >= 11 is 0. The second-order valence-electron chi connectivity index (χ2n) is 8.59. The van der Waals surface area contributed by atoms with E-state index in [4.69, 9.17) is 0 Å². The van der Waals surface area contributed by atoms with E-state index in [0.29, 0.717) is 0 Å². The Bertz CT molecular complexity index is 1450. The maximum Gasteiger partial charge on any atom is 0.104 e. The molecule has 0 fully saturated rings. The minimum absolute atomic E-state index is 0.511. The van der Waals surface area contributed by atoms with Crippen LogP contribution in [0.5, 0.6) is 0 Å². The fourth-order valence-corrected chi connectivity index (χ4v) is 5.12. The zero-order valence-electron chi connectivity index (χ0n) is 18.6. The molecule has 0 saturated carbocycles. The highest BCUT2D eigenvalue weighted by Crippen LogP contribution is 2.46. The molecule has 0 aliphatic rings. The van der Waals surface area contributed by atoms with Crippen LogP contribution >= 0.6 is 0 Å². The number of benzene rings is 4. The highest BCUT2D eigenvalue weighted by atomic mass is 14.9. The molecule has 4 heteroatoms. The lowest BCUT2D eigenvalue weighted by molar-refractivity contribution is 0.747. The van der Waals surface area contributed by atoms with Crippen LogP contribution in [0.2, 0.25) is 0 Å². The number of aromatic nitrogens is 4. The van der Waals surface area contributed by atoms with Crippen molar-refractivity contribution in [2.45, 2.75) is 19.3 Å². The Morgan fingerprint density at radius 3 is 1.36 bits per heavy atom. The first kappa shape index (κ1) is 19.5. The van der Waals surface area contributed by atoms with Crippen molar-refractivity contribution in [3.05, 3.63) is 131 Å². The predicted molar refractivity (Wildman–Crippen MR) is 134 cm³/mol. The van der Waals surface area contributed by atoms with Gasteiger partial charge in [-0.3, -0.25) is 0 Å². The Hall–Kier alpha value is -4.18. The summed E-state index contributed by atoms with van der Waals surface area (Å²) in [6, 6.07) is 34.6. The first-order valence-corrected chi connectivity index (χ1v) is 11.2. The van der Waals surface area contributed by atoms with E-state index in [1.807, 2.05) is 13.8 Å². The standard InChI is InChI=1S/C29H24N4/c1-19-30-25-15-13-23(17-27(25)32-19)29(21-9-5-3-6-10-21,22-11-7-4-8-12-22)24-14-16-26-28(18-24)33-20(2)31-26/h3-18H,1-2H3,(H,30,32)(H,31,33). The van der Waals surface area contributed by atoms with Gasteiger partial charge >= 0.3 is 0 Å². The van der Waals surface area contributed by atoms with E-state index in [0.717, 1.165) is 33.7 Å². The van der Waals surface area contributed by atoms with Gasteiger partial charge in [-0.15, -0.1) is 0 Å². The highest BCUT2D eigenvalue weighted by molar-refractivity contribution is 5.80. The van der Waals surface area contributed by atoms with Crippen molar-refractivity contribution < 1.29 is 0 Å². The summed E-state index contributed by atoms with van der Waals surface area (Å²) in [5, 5.41) is 0. The highest BCUT2D eigenvalue weighted by Gasteiger charge is 2.38. The van der Waals surface area contributed by atoms with Crippen molar-refractivity contribution in [2.24, 2.45) is 0 Å². The van der Waals surface area contributed by atoms with E-state index >= 15 is 0 Å². The molecule has 0 bridgehead atoms.